The predicted molar refractivity (Wildman–Crippen MR) is 109 cm³/mol. The van der Waals surface area contributed by atoms with Crippen LogP contribution in [0.5, 0.6) is 0 Å². The second-order valence-corrected chi connectivity index (χ2v) is 7.45. The van der Waals surface area contributed by atoms with Crippen LogP contribution in [0.2, 0.25) is 0 Å². The molecule has 2 aromatic carbocycles. The van der Waals surface area contributed by atoms with E-state index in [4.69, 9.17) is 4.74 Å². The molecule has 5 nitrogen and oxygen atoms in total. The first kappa shape index (κ1) is 18.5. The van der Waals surface area contributed by atoms with Gasteiger partial charge >= 0.3 is 0 Å². The van der Waals surface area contributed by atoms with Crippen molar-refractivity contribution in [3.8, 4) is 0 Å². The molecule has 0 saturated carbocycles. The fraction of sp³-hybridized carbons (Fsp3) is 0.318. The van der Waals surface area contributed by atoms with Crippen LogP contribution in [-0.4, -0.2) is 35.8 Å². The lowest BCUT2D eigenvalue weighted by atomic mass is 10.1. The van der Waals surface area contributed by atoms with Gasteiger partial charge in [0.2, 0.25) is 0 Å². The van der Waals surface area contributed by atoms with Gasteiger partial charge in [0.05, 0.1) is 23.5 Å². The van der Waals surface area contributed by atoms with Gasteiger partial charge in [0, 0.05) is 42.9 Å². The number of benzene rings is 2. The Morgan fingerprint density at radius 1 is 1.14 bits per heavy atom. The number of nitrogens with zero attached hydrogens (tertiary/aromatic N) is 2. The van der Waals surface area contributed by atoms with Gasteiger partial charge in [-0.1, -0.05) is 18.2 Å². The first-order valence-corrected chi connectivity index (χ1v) is 9.47. The van der Waals surface area contributed by atoms with Gasteiger partial charge in [-0.15, -0.1) is 0 Å². The maximum atomic E-state index is 14.8. The lowest BCUT2D eigenvalue weighted by Gasteiger charge is -2.37. The van der Waals surface area contributed by atoms with E-state index in [1.54, 1.807) is 18.3 Å². The Hall–Kier alpha value is -2.86. The van der Waals surface area contributed by atoms with Gasteiger partial charge in [-0.05, 0) is 38.1 Å². The van der Waals surface area contributed by atoms with Gasteiger partial charge in [0.25, 0.3) is 5.91 Å². The molecule has 1 aliphatic rings. The number of para-hydroxylation sites is 1. The minimum atomic E-state index is -0.350. The molecule has 2 heterocycles. The molecule has 0 aliphatic carbocycles. The number of aromatic nitrogens is 1. The van der Waals surface area contributed by atoms with E-state index in [0.29, 0.717) is 30.0 Å². The normalized spacial score (nSPS) is 19.8. The number of anilines is 2. The summed E-state index contributed by atoms with van der Waals surface area (Å²) in [5.41, 5.74) is 2.52. The molecule has 0 spiro atoms. The molecule has 1 saturated heterocycles. The minimum Gasteiger partial charge on any atom is -0.372 e. The Bertz CT molecular complexity index is 1020. The van der Waals surface area contributed by atoms with E-state index in [1.165, 1.54) is 6.07 Å². The molecule has 6 heteroatoms. The minimum absolute atomic E-state index is 0.0499. The summed E-state index contributed by atoms with van der Waals surface area (Å²) in [7, 11) is 1.90. The molecule has 4 rings (SSSR count). The summed E-state index contributed by atoms with van der Waals surface area (Å²) in [6, 6.07) is 12.6. The lowest BCUT2D eigenvalue weighted by Crippen LogP contribution is -2.45. The van der Waals surface area contributed by atoms with Gasteiger partial charge in [0.1, 0.15) is 5.82 Å². The van der Waals surface area contributed by atoms with Crippen LogP contribution in [0.1, 0.15) is 24.2 Å². The first-order chi connectivity index (χ1) is 13.4. The van der Waals surface area contributed by atoms with Gasteiger partial charge in [-0.2, -0.15) is 0 Å². The zero-order chi connectivity index (χ0) is 19.8. The summed E-state index contributed by atoms with van der Waals surface area (Å²) in [5.74, 6) is -0.602. The van der Waals surface area contributed by atoms with E-state index in [9.17, 15) is 9.18 Å². The third kappa shape index (κ3) is 3.47. The molecule has 1 aliphatic heterocycles. The zero-order valence-electron chi connectivity index (χ0n) is 16.3. The molecule has 1 N–H and O–H groups in total. The highest BCUT2D eigenvalue weighted by molar-refractivity contribution is 6.13. The molecule has 0 radical (unpaired) electrons. The van der Waals surface area contributed by atoms with Crippen LogP contribution in [0.15, 0.2) is 48.7 Å². The highest BCUT2D eigenvalue weighted by Crippen LogP contribution is 2.27. The molecule has 28 heavy (non-hydrogen) atoms. The van der Waals surface area contributed by atoms with Crippen molar-refractivity contribution in [1.29, 1.82) is 0 Å². The number of rotatable bonds is 3. The number of nitrogens with one attached hydrogen (secondary N) is 1. The Morgan fingerprint density at radius 2 is 1.86 bits per heavy atom. The fourth-order valence-electron chi connectivity index (χ4n) is 3.94. The van der Waals surface area contributed by atoms with E-state index in [0.717, 1.165) is 10.9 Å². The van der Waals surface area contributed by atoms with Gasteiger partial charge in [0.15, 0.2) is 0 Å². The predicted octanol–water partition coefficient (Wildman–Crippen LogP) is 4.18. The zero-order valence-corrected chi connectivity index (χ0v) is 16.3. The fourth-order valence-corrected chi connectivity index (χ4v) is 3.94. The molecule has 1 aromatic heterocycles. The van der Waals surface area contributed by atoms with Crippen molar-refractivity contribution < 1.29 is 13.9 Å². The van der Waals surface area contributed by atoms with Gasteiger partial charge in [-0.25, -0.2) is 4.39 Å². The topological polar surface area (TPSA) is 46.5 Å². The first-order valence-electron chi connectivity index (χ1n) is 9.47. The van der Waals surface area contributed by atoms with E-state index >= 15 is 0 Å². The SMILES string of the molecule is CC1CN(c2ccc(NC(=O)c3cn(C)c4ccccc34)cc2F)CC(C)O1. The number of ether oxygens (including phenoxy) is 1. The van der Waals surface area contributed by atoms with Crippen LogP contribution in [-0.2, 0) is 11.8 Å². The molecule has 1 fully saturated rings. The van der Waals surface area contributed by atoms with Crippen molar-refractivity contribution in [1.82, 2.24) is 4.57 Å². The van der Waals surface area contributed by atoms with Crippen molar-refractivity contribution in [3.05, 3.63) is 60.0 Å². The number of hydrogen-bond acceptors (Lipinski definition) is 3. The number of fused-ring (bicyclic) bond motifs is 1. The highest BCUT2D eigenvalue weighted by Gasteiger charge is 2.24. The number of morpholine rings is 1. The van der Waals surface area contributed by atoms with Crippen molar-refractivity contribution in [2.24, 2.45) is 7.05 Å². The average Bonchev–Trinajstić information content (AvgIpc) is 2.98. The number of hydrogen-bond donors (Lipinski definition) is 1. The number of carbonyl (C=O) groups excluding carboxylic acids is 1. The van der Waals surface area contributed by atoms with E-state index < -0.39 is 0 Å². The Kier molecular flexibility index (Phi) is 4.81. The summed E-state index contributed by atoms with van der Waals surface area (Å²) < 4.78 is 22.4. The maximum Gasteiger partial charge on any atom is 0.257 e. The molecular weight excluding hydrogens is 357 g/mol. The number of halogens is 1. The Morgan fingerprint density at radius 3 is 2.57 bits per heavy atom. The van der Waals surface area contributed by atoms with Gasteiger partial charge < -0.3 is 19.5 Å². The van der Waals surface area contributed by atoms with Gasteiger partial charge in [-0.3, -0.25) is 4.79 Å². The maximum absolute atomic E-state index is 14.8. The van der Waals surface area contributed by atoms with Crippen molar-refractivity contribution in [3.63, 3.8) is 0 Å². The Labute approximate surface area is 163 Å². The smallest absolute Gasteiger partial charge is 0.257 e. The Balaban J connectivity index is 1.55. The third-order valence-electron chi connectivity index (χ3n) is 5.11. The second kappa shape index (κ2) is 7.28. The molecule has 0 bridgehead atoms. The van der Waals surface area contributed by atoms with Crippen LogP contribution >= 0.6 is 0 Å². The number of amides is 1. The molecule has 2 atom stereocenters. The van der Waals surface area contributed by atoms with Crippen LogP contribution in [0.3, 0.4) is 0 Å². The molecule has 2 unspecified atom stereocenters. The van der Waals surface area contributed by atoms with Crippen LogP contribution in [0, 0.1) is 5.82 Å². The molecular formula is C22H24FN3O2. The lowest BCUT2D eigenvalue weighted by molar-refractivity contribution is -0.00539. The standard InChI is InChI=1S/C22H24FN3O2/c1-14-11-26(12-15(2)28-14)21-9-8-16(10-19(21)23)24-22(27)18-13-25(3)20-7-5-4-6-17(18)20/h4-10,13-15H,11-12H2,1-3H3,(H,24,27). The van der Waals surface area contributed by atoms with Crippen molar-refractivity contribution >= 4 is 28.2 Å². The summed E-state index contributed by atoms with van der Waals surface area (Å²) in [6.07, 6.45) is 1.89. The highest BCUT2D eigenvalue weighted by atomic mass is 19.1. The van der Waals surface area contributed by atoms with Crippen LogP contribution < -0.4 is 10.2 Å². The van der Waals surface area contributed by atoms with Crippen LogP contribution in [0.25, 0.3) is 10.9 Å². The third-order valence-corrected chi connectivity index (χ3v) is 5.11. The van der Waals surface area contributed by atoms with E-state index in [1.807, 2.05) is 54.6 Å². The van der Waals surface area contributed by atoms with Crippen molar-refractivity contribution in [2.45, 2.75) is 26.1 Å². The average molecular weight is 381 g/mol. The van der Waals surface area contributed by atoms with E-state index in [2.05, 4.69) is 5.32 Å². The molecule has 1 amide bonds. The van der Waals surface area contributed by atoms with Crippen LogP contribution in [0.4, 0.5) is 15.8 Å². The summed E-state index contributed by atoms with van der Waals surface area (Å²) in [5, 5.41) is 3.69. The summed E-state index contributed by atoms with van der Waals surface area (Å²) >= 11 is 0. The number of carbonyl (C=O) groups is 1. The van der Waals surface area contributed by atoms with E-state index in [-0.39, 0.29) is 23.9 Å². The summed E-state index contributed by atoms with van der Waals surface area (Å²) in [6.45, 7) is 5.25. The monoisotopic (exact) mass is 381 g/mol. The second-order valence-electron chi connectivity index (χ2n) is 7.45. The largest absolute Gasteiger partial charge is 0.372 e. The summed E-state index contributed by atoms with van der Waals surface area (Å²) in [4.78, 5) is 14.7. The number of aryl methyl sites for hydroxylation is 1. The molecule has 3 aromatic rings. The van der Waals surface area contributed by atoms with Crippen molar-refractivity contribution in [2.75, 3.05) is 23.3 Å². The molecule has 146 valence electrons. The quantitative estimate of drug-likeness (QED) is 0.740.